The Balaban J connectivity index is 1.36. The number of pyridine rings is 1. The van der Waals surface area contributed by atoms with Crippen LogP contribution in [0.2, 0.25) is 5.02 Å². The van der Waals surface area contributed by atoms with Gasteiger partial charge in [-0.3, -0.25) is 4.79 Å². The van der Waals surface area contributed by atoms with Gasteiger partial charge in [0.15, 0.2) is 0 Å². The fourth-order valence-electron chi connectivity index (χ4n) is 5.02. The lowest BCUT2D eigenvalue weighted by Crippen LogP contribution is -2.48. The lowest BCUT2D eigenvalue weighted by molar-refractivity contribution is 0.0752. The third-order valence-electron chi connectivity index (χ3n) is 7.10. The van der Waals surface area contributed by atoms with Crippen LogP contribution in [0, 0.1) is 0 Å². The SMILES string of the molecule is COc1ccc(-c2cc(-c3ccccc3)nc3sc(C(=O)N4CCN(c5cccc(Cl)c5)CC4)c(N)c23)cc1. The van der Waals surface area contributed by atoms with E-state index in [0.29, 0.717) is 28.7 Å². The number of thiophene rings is 1. The van der Waals surface area contributed by atoms with Gasteiger partial charge in [-0.05, 0) is 47.5 Å². The van der Waals surface area contributed by atoms with Crippen LogP contribution in [-0.4, -0.2) is 49.1 Å². The lowest BCUT2D eigenvalue weighted by Gasteiger charge is -2.36. The summed E-state index contributed by atoms with van der Waals surface area (Å²) >= 11 is 7.55. The van der Waals surface area contributed by atoms with E-state index < -0.39 is 0 Å². The van der Waals surface area contributed by atoms with Gasteiger partial charge in [0.2, 0.25) is 0 Å². The lowest BCUT2D eigenvalue weighted by atomic mass is 9.99. The van der Waals surface area contributed by atoms with Gasteiger partial charge in [-0.15, -0.1) is 11.3 Å². The summed E-state index contributed by atoms with van der Waals surface area (Å²) in [6.45, 7) is 2.66. The van der Waals surface area contributed by atoms with E-state index in [-0.39, 0.29) is 5.91 Å². The molecule has 0 bridgehead atoms. The van der Waals surface area contributed by atoms with Crippen LogP contribution in [0.15, 0.2) is 84.9 Å². The first-order chi connectivity index (χ1) is 19.0. The second kappa shape index (κ2) is 10.6. The molecular weight excluding hydrogens is 528 g/mol. The molecule has 1 fully saturated rings. The van der Waals surface area contributed by atoms with Gasteiger partial charge in [-0.2, -0.15) is 0 Å². The molecule has 2 N–H and O–H groups in total. The van der Waals surface area contributed by atoms with Gasteiger partial charge < -0.3 is 20.3 Å². The second-order valence-electron chi connectivity index (χ2n) is 9.43. The Morgan fingerprint density at radius 1 is 0.923 bits per heavy atom. The fraction of sp³-hybridized carbons (Fsp3) is 0.161. The summed E-state index contributed by atoms with van der Waals surface area (Å²) < 4.78 is 5.36. The molecule has 0 aliphatic carbocycles. The van der Waals surface area contributed by atoms with Crippen molar-refractivity contribution in [2.24, 2.45) is 0 Å². The summed E-state index contributed by atoms with van der Waals surface area (Å²) in [5, 5.41) is 1.52. The quantitative estimate of drug-likeness (QED) is 0.257. The van der Waals surface area contributed by atoms with E-state index in [1.54, 1.807) is 7.11 Å². The van der Waals surface area contributed by atoms with Gasteiger partial charge in [0.1, 0.15) is 15.5 Å². The zero-order chi connectivity index (χ0) is 26.9. The first-order valence-corrected chi connectivity index (χ1v) is 13.9. The molecule has 39 heavy (non-hydrogen) atoms. The molecule has 2 aromatic heterocycles. The van der Waals surface area contributed by atoms with E-state index in [1.165, 1.54) is 11.3 Å². The van der Waals surface area contributed by atoms with Gasteiger partial charge in [0.25, 0.3) is 5.91 Å². The van der Waals surface area contributed by atoms with Crippen LogP contribution in [0.25, 0.3) is 32.6 Å². The Morgan fingerprint density at radius 2 is 1.67 bits per heavy atom. The third kappa shape index (κ3) is 4.91. The highest BCUT2D eigenvalue weighted by molar-refractivity contribution is 7.21. The highest BCUT2D eigenvalue weighted by Gasteiger charge is 2.28. The number of hydrogen-bond acceptors (Lipinski definition) is 6. The van der Waals surface area contributed by atoms with Gasteiger partial charge in [-0.1, -0.05) is 60.1 Å². The molecule has 8 heteroatoms. The number of aromatic nitrogens is 1. The molecule has 1 saturated heterocycles. The molecule has 1 aliphatic heterocycles. The van der Waals surface area contributed by atoms with Gasteiger partial charge in [0, 0.05) is 47.8 Å². The highest BCUT2D eigenvalue weighted by Crippen LogP contribution is 2.42. The molecule has 0 spiro atoms. The Kier molecular flexibility index (Phi) is 6.85. The predicted molar refractivity (Wildman–Crippen MR) is 161 cm³/mol. The maximum atomic E-state index is 13.7. The number of ether oxygens (including phenoxy) is 1. The van der Waals surface area contributed by atoms with Crippen LogP contribution >= 0.6 is 22.9 Å². The third-order valence-corrected chi connectivity index (χ3v) is 8.43. The number of piperazine rings is 1. The number of methoxy groups -OCH3 is 1. The first-order valence-electron chi connectivity index (χ1n) is 12.7. The topological polar surface area (TPSA) is 71.7 Å². The molecule has 0 radical (unpaired) electrons. The van der Waals surface area contributed by atoms with Gasteiger partial charge in [0.05, 0.1) is 18.5 Å². The Labute approximate surface area is 236 Å². The summed E-state index contributed by atoms with van der Waals surface area (Å²) in [5.74, 6) is 0.724. The summed E-state index contributed by atoms with van der Waals surface area (Å²) in [7, 11) is 1.65. The average molecular weight is 555 g/mol. The van der Waals surface area contributed by atoms with Crippen LogP contribution in [-0.2, 0) is 0 Å². The van der Waals surface area contributed by atoms with Crippen LogP contribution in [0.4, 0.5) is 11.4 Å². The molecule has 0 atom stereocenters. The molecule has 0 saturated carbocycles. The number of nitrogen functional groups attached to an aromatic ring is 1. The molecule has 3 heterocycles. The number of carbonyl (C=O) groups is 1. The van der Waals surface area contributed by atoms with E-state index in [2.05, 4.69) is 11.0 Å². The number of benzene rings is 3. The minimum atomic E-state index is -0.0526. The molecule has 1 aliphatic rings. The molecular formula is C31H27ClN4O2S. The van der Waals surface area contributed by atoms with E-state index >= 15 is 0 Å². The predicted octanol–water partition coefficient (Wildman–Crippen LogP) is 6.84. The molecule has 3 aromatic carbocycles. The van der Waals surface area contributed by atoms with E-state index in [0.717, 1.165) is 57.1 Å². The number of amides is 1. The number of halogens is 1. The maximum absolute atomic E-state index is 13.7. The molecule has 6 rings (SSSR count). The fourth-order valence-corrected chi connectivity index (χ4v) is 6.29. The van der Waals surface area contributed by atoms with Crippen LogP contribution < -0.4 is 15.4 Å². The molecule has 0 unspecified atom stereocenters. The normalized spacial score (nSPS) is 13.6. The maximum Gasteiger partial charge on any atom is 0.266 e. The largest absolute Gasteiger partial charge is 0.497 e. The van der Waals surface area contributed by atoms with Crippen molar-refractivity contribution in [3.8, 4) is 28.1 Å². The average Bonchev–Trinajstić information content (AvgIpc) is 3.33. The van der Waals surface area contributed by atoms with Crippen LogP contribution in [0.3, 0.4) is 0 Å². The first kappa shape index (κ1) is 25.2. The highest BCUT2D eigenvalue weighted by atomic mass is 35.5. The summed E-state index contributed by atoms with van der Waals surface area (Å²) in [6, 6.07) is 27.8. The molecule has 196 valence electrons. The van der Waals surface area contributed by atoms with Gasteiger partial charge in [-0.25, -0.2) is 4.98 Å². The second-order valence-corrected chi connectivity index (χ2v) is 10.9. The zero-order valence-corrected chi connectivity index (χ0v) is 23.0. The number of carbonyl (C=O) groups excluding carboxylic acids is 1. The standard InChI is InChI=1S/C31H27ClN4O2S/c1-38-24-12-10-20(11-13-24)25-19-26(21-6-3-2-4-7-21)34-30-27(25)28(33)29(39-30)31(37)36-16-14-35(15-17-36)23-9-5-8-22(32)18-23/h2-13,18-19H,14-17,33H2,1H3. The summed E-state index contributed by atoms with van der Waals surface area (Å²) in [4.78, 5) is 24.1. The van der Waals surface area contributed by atoms with Crippen molar-refractivity contribution in [1.29, 1.82) is 0 Å². The van der Waals surface area contributed by atoms with Crippen molar-refractivity contribution in [1.82, 2.24) is 9.88 Å². The number of anilines is 2. The van der Waals surface area contributed by atoms with E-state index in [1.807, 2.05) is 83.8 Å². The number of nitrogens with zero attached hydrogens (tertiary/aromatic N) is 3. The minimum absolute atomic E-state index is 0.0526. The van der Waals surface area contributed by atoms with Crippen molar-refractivity contribution in [2.45, 2.75) is 0 Å². The molecule has 1 amide bonds. The smallest absolute Gasteiger partial charge is 0.266 e. The van der Waals surface area contributed by atoms with Crippen molar-refractivity contribution in [2.75, 3.05) is 43.9 Å². The zero-order valence-electron chi connectivity index (χ0n) is 21.4. The van der Waals surface area contributed by atoms with Crippen molar-refractivity contribution < 1.29 is 9.53 Å². The van der Waals surface area contributed by atoms with Gasteiger partial charge >= 0.3 is 0 Å². The Morgan fingerprint density at radius 3 is 2.36 bits per heavy atom. The van der Waals surface area contributed by atoms with E-state index in [4.69, 9.17) is 27.1 Å². The Hall–Kier alpha value is -4.07. The number of nitrogens with two attached hydrogens (primary N) is 1. The van der Waals surface area contributed by atoms with Crippen molar-refractivity contribution in [3.05, 3.63) is 94.8 Å². The number of hydrogen-bond donors (Lipinski definition) is 1. The monoisotopic (exact) mass is 554 g/mol. The van der Waals surface area contributed by atoms with Crippen LogP contribution in [0.5, 0.6) is 5.75 Å². The Bertz CT molecular complexity index is 1650. The molecule has 5 aromatic rings. The van der Waals surface area contributed by atoms with Crippen molar-refractivity contribution in [3.63, 3.8) is 0 Å². The summed E-state index contributed by atoms with van der Waals surface area (Å²) in [6.07, 6.45) is 0. The molecule has 6 nitrogen and oxygen atoms in total. The minimum Gasteiger partial charge on any atom is -0.497 e. The number of fused-ring (bicyclic) bond motifs is 1. The summed E-state index contributed by atoms with van der Waals surface area (Å²) in [5.41, 5.74) is 12.1. The number of rotatable bonds is 5. The van der Waals surface area contributed by atoms with E-state index in [9.17, 15) is 4.79 Å². The van der Waals surface area contributed by atoms with Crippen molar-refractivity contribution >= 4 is 50.4 Å². The van der Waals surface area contributed by atoms with Crippen LogP contribution in [0.1, 0.15) is 9.67 Å².